The summed E-state index contributed by atoms with van der Waals surface area (Å²) in [6.07, 6.45) is 11.7. The molecule has 1 N–H and O–H groups in total. The Bertz CT molecular complexity index is 2250. The molecule has 302 valence electrons. The highest BCUT2D eigenvalue weighted by Crippen LogP contribution is 2.50. The van der Waals surface area contributed by atoms with Gasteiger partial charge < -0.3 is 10.2 Å². The Morgan fingerprint density at radius 1 is 0.526 bits per heavy atom. The van der Waals surface area contributed by atoms with Gasteiger partial charge in [-0.15, -0.1) is 0 Å². The molecular weight excluding hydrogens is 689 g/mol. The lowest BCUT2D eigenvalue weighted by Gasteiger charge is -2.43. The van der Waals surface area contributed by atoms with Crippen molar-refractivity contribution in [3.05, 3.63) is 130 Å². The van der Waals surface area contributed by atoms with Crippen LogP contribution in [0.3, 0.4) is 0 Å². The van der Waals surface area contributed by atoms with Crippen molar-refractivity contribution >= 4 is 22.7 Å². The monoisotopic (exact) mass is 761 g/mol. The van der Waals surface area contributed by atoms with Crippen molar-refractivity contribution in [1.29, 1.82) is 0 Å². The summed E-state index contributed by atoms with van der Waals surface area (Å²) in [5, 5.41) is 4.00. The largest absolute Gasteiger partial charge is 0.355 e. The topological polar surface area (TPSA) is 15.3 Å². The minimum atomic E-state index is 0.0352. The zero-order valence-electron chi connectivity index (χ0n) is 38.3. The van der Waals surface area contributed by atoms with Crippen molar-refractivity contribution in [2.24, 2.45) is 5.41 Å². The van der Waals surface area contributed by atoms with Crippen LogP contribution in [0.15, 0.2) is 96.2 Å². The molecule has 2 heteroatoms. The molecule has 0 heterocycles. The summed E-state index contributed by atoms with van der Waals surface area (Å²) < 4.78 is 0. The number of benzene rings is 4. The molecule has 2 nitrogen and oxygen atoms in total. The van der Waals surface area contributed by atoms with Gasteiger partial charge in [-0.1, -0.05) is 139 Å². The summed E-state index contributed by atoms with van der Waals surface area (Å²) in [4.78, 5) is 2.56. The Morgan fingerprint density at radius 2 is 1.11 bits per heavy atom. The van der Waals surface area contributed by atoms with E-state index in [0.717, 1.165) is 24.2 Å². The molecule has 7 rings (SSSR count). The van der Waals surface area contributed by atoms with E-state index in [9.17, 15) is 0 Å². The maximum absolute atomic E-state index is 4.00. The molecule has 0 aliphatic heterocycles. The average Bonchev–Trinajstić information content (AvgIpc) is 3.12. The number of aryl methyl sites for hydroxylation is 1. The first-order valence-electron chi connectivity index (χ1n) is 21.9. The van der Waals surface area contributed by atoms with Crippen molar-refractivity contribution in [3.8, 4) is 11.1 Å². The number of hydrogen-bond donors (Lipinski definition) is 1. The number of rotatable bonds is 6. The molecule has 0 saturated heterocycles. The standard InChI is InChI=1S/C55H72N2/c1-36-30-40(56-49-25-19-39(51(5,6)7)33-44(49)37-16-23-45-47(32-37)54(12,13)28-26-52(45,8)9)34-43(31-36)57(41-20-17-38(18-21-41)50(2,3)4)42-22-24-46-48(35-42)55(14,15)29-27-53(46,10)11/h16-17,19-20,22-25,30-35,56H,18,21,26-29H2,1-15H3. The van der Waals surface area contributed by atoms with Gasteiger partial charge in [0, 0.05) is 34.0 Å². The van der Waals surface area contributed by atoms with Gasteiger partial charge >= 0.3 is 0 Å². The molecule has 0 aromatic heterocycles. The van der Waals surface area contributed by atoms with Crippen LogP contribution >= 0.6 is 0 Å². The second kappa shape index (κ2) is 14.1. The van der Waals surface area contributed by atoms with Crippen LogP contribution in [-0.4, -0.2) is 0 Å². The van der Waals surface area contributed by atoms with Crippen LogP contribution in [0.25, 0.3) is 11.1 Å². The molecule has 57 heavy (non-hydrogen) atoms. The first-order valence-corrected chi connectivity index (χ1v) is 21.9. The summed E-state index contributed by atoms with van der Waals surface area (Å²) in [5.41, 5.74) is 19.6. The van der Waals surface area contributed by atoms with Crippen molar-refractivity contribution in [2.45, 2.75) is 169 Å². The molecule has 4 aromatic carbocycles. The van der Waals surface area contributed by atoms with Crippen molar-refractivity contribution in [3.63, 3.8) is 0 Å². The van der Waals surface area contributed by atoms with Gasteiger partial charge in [0.25, 0.3) is 0 Å². The second-order valence-corrected chi connectivity index (χ2v) is 22.7. The number of nitrogens with zero attached hydrogens (tertiary/aromatic N) is 1. The fourth-order valence-corrected chi connectivity index (χ4v) is 9.87. The van der Waals surface area contributed by atoms with Gasteiger partial charge in [0.2, 0.25) is 0 Å². The van der Waals surface area contributed by atoms with Gasteiger partial charge in [0.15, 0.2) is 0 Å². The van der Waals surface area contributed by atoms with Gasteiger partial charge in [-0.05, 0) is 165 Å². The van der Waals surface area contributed by atoms with Crippen molar-refractivity contribution in [1.82, 2.24) is 0 Å². The van der Waals surface area contributed by atoms with Gasteiger partial charge in [0.1, 0.15) is 0 Å². The third-order valence-electron chi connectivity index (χ3n) is 14.1. The predicted molar refractivity (Wildman–Crippen MR) is 249 cm³/mol. The zero-order chi connectivity index (χ0) is 41.5. The number of hydrogen-bond acceptors (Lipinski definition) is 2. The average molecular weight is 761 g/mol. The third kappa shape index (κ3) is 8.05. The van der Waals surface area contributed by atoms with Crippen molar-refractivity contribution in [2.75, 3.05) is 10.2 Å². The molecule has 0 unspecified atom stereocenters. The van der Waals surface area contributed by atoms with E-state index in [0.29, 0.717) is 0 Å². The van der Waals surface area contributed by atoms with Gasteiger partial charge in [-0.25, -0.2) is 0 Å². The van der Waals surface area contributed by atoms with E-state index >= 15 is 0 Å². The first-order chi connectivity index (χ1) is 26.4. The fourth-order valence-electron chi connectivity index (χ4n) is 9.87. The van der Waals surface area contributed by atoms with Gasteiger partial charge in [-0.2, -0.15) is 0 Å². The van der Waals surface area contributed by atoms with Crippen LogP contribution in [-0.2, 0) is 27.1 Å². The highest BCUT2D eigenvalue weighted by molar-refractivity contribution is 5.84. The molecular formula is C55H72N2. The van der Waals surface area contributed by atoms with E-state index in [2.05, 4.69) is 199 Å². The maximum Gasteiger partial charge on any atom is 0.0481 e. The number of anilines is 4. The van der Waals surface area contributed by atoms with Crippen LogP contribution in [0.5, 0.6) is 0 Å². The van der Waals surface area contributed by atoms with Crippen LogP contribution in [0, 0.1) is 12.3 Å². The number of allylic oxidation sites excluding steroid dienone is 4. The highest BCUT2D eigenvalue weighted by atomic mass is 15.2. The summed E-state index contributed by atoms with van der Waals surface area (Å²) in [7, 11) is 0. The smallest absolute Gasteiger partial charge is 0.0481 e. The van der Waals surface area contributed by atoms with Crippen LogP contribution in [0.2, 0.25) is 0 Å². The molecule has 0 saturated carbocycles. The Morgan fingerprint density at radius 3 is 1.67 bits per heavy atom. The molecule has 0 atom stereocenters. The second-order valence-electron chi connectivity index (χ2n) is 22.7. The first kappa shape index (κ1) is 41.1. The summed E-state index contributed by atoms with van der Waals surface area (Å²) in [6.45, 7) is 35.7. The highest BCUT2D eigenvalue weighted by Gasteiger charge is 2.39. The Balaban J connectivity index is 1.36. The molecule has 0 amide bonds. The van der Waals surface area contributed by atoms with E-state index in [1.807, 2.05) is 0 Å². The summed E-state index contributed by atoms with van der Waals surface area (Å²) >= 11 is 0. The zero-order valence-corrected chi connectivity index (χ0v) is 38.3. The fraction of sp³-hybridized carbons (Fsp3) is 0.491. The van der Waals surface area contributed by atoms with Crippen LogP contribution in [0.4, 0.5) is 22.7 Å². The minimum absolute atomic E-state index is 0.0352. The summed E-state index contributed by atoms with van der Waals surface area (Å²) in [6, 6.07) is 28.8. The Hall–Kier alpha value is -4.04. The van der Waals surface area contributed by atoms with E-state index in [4.69, 9.17) is 0 Å². The van der Waals surface area contributed by atoms with Crippen molar-refractivity contribution < 1.29 is 0 Å². The number of fused-ring (bicyclic) bond motifs is 2. The van der Waals surface area contributed by atoms with E-state index in [1.54, 1.807) is 0 Å². The quantitative estimate of drug-likeness (QED) is 0.211. The molecule has 0 spiro atoms. The minimum Gasteiger partial charge on any atom is -0.355 e. The molecule has 4 aromatic rings. The van der Waals surface area contributed by atoms with E-state index < -0.39 is 0 Å². The maximum atomic E-state index is 4.00. The van der Waals surface area contributed by atoms with E-state index in [-0.39, 0.29) is 32.5 Å². The molecule has 3 aliphatic rings. The predicted octanol–water partition coefficient (Wildman–Crippen LogP) is 16.2. The number of nitrogens with one attached hydrogen (secondary N) is 1. The molecule has 3 aliphatic carbocycles. The molecule has 0 bridgehead atoms. The normalized spacial score (nSPS) is 19.5. The van der Waals surface area contributed by atoms with Crippen LogP contribution in [0.1, 0.15) is 169 Å². The van der Waals surface area contributed by atoms with E-state index in [1.165, 1.54) is 92.8 Å². The lowest BCUT2D eigenvalue weighted by Crippen LogP contribution is -2.34. The van der Waals surface area contributed by atoms with Crippen LogP contribution < -0.4 is 10.2 Å². The molecule has 0 radical (unpaired) electrons. The van der Waals surface area contributed by atoms with Gasteiger partial charge in [-0.3, -0.25) is 0 Å². The lowest BCUT2D eigenvalue weighted by atomic mass is 9.63. The van der Waals surface area contributed by atoms with Gasteiger partial charge in [0.05, 0.1) is 0 Å². The molecule has 0 fully saturated rings. The Labute approximate surface area is 347 Å². The third-order valence-corrected chi connectivity index (χ3v) is 14.1. The summed E-state index contributed by atoms with van der Waals surface area (Å²) in [5.74, 6) is 0. The lowest BCUT2D eigenvalue weighted by molar-refractivity contribution is 0.332. The SMILES string of the molecule is Cc1cc(Nc2ccc(C(C)(C)C)cc2-c2ccc3c(c2)C(C)(C)CCC3(C)C)cc(N(C2=CC=C(C(C)(C)C)CC2)c2ccc3c(c2)C(C)(C)CCC3(C)C)c1. The Kier molecular flexibility index (Phi) is 10.1.